The zero-order chi connectivity index (χ0) is 20.0. The van der Waals surface area contributed by atoms with Gasteiger partial charge >= 0.3 is 0 Å². The molecule has 0 N–H and O–H groups in total. The van der Waals surface area contributed by atoms with E-state index in [2.05, 4.69) is 26.8 Å². The molecule has 8 nitrogen and oxygen atoms in total. The average Bonchev–Trinajstić information content (AvgIpc) is 3.51. The van der Waals surface area contributed by atoms with Crippen LogP contribution in [0.2, 0.25) is 0 Å². The summed E-state index contributed by atoms with van der Waals surface area (Å²) in [7, 11) is 1.82. The lowest BCUT2D eigenvalue weighted by atomic mass is 10.0. The lowest BCUT2D eigenvalue weighted by Gasteiger charge is -2.43. The van der Waals surface area contributed by atoms with Gasteiger partial charge in [-0.15, -0.1) is 11.3 Å². The Morgan fingerprint density at radius 3 is 2.76 bits per heavy atom. The highest BCUT2D eigenvalue weighted by atomic mass is 32.1. The lowest BCUT2D eigenvalue weighted by molar-refractivity contribution is -0.120. The fourth-order valence-corrected chi connectivity index (χ4v) is 5.00. The average molecular weight is 410 g/mol. The van der Waals surface area contributed by atoms with Crippen LogP contribution in [-0.4, -0.2) is 49.5 Å². The number of fused-ring (bicyclic) bond motifs is 1. The number of hydrogen-bond donors (Lipinski definition) is 0. The molecule has 0 bridgehead atoms. The topological polar surface area (TPSA) is 80.0 Å². The van der Waals surface area contributed by atoms with Crippen LogP contribution in [0.25, 0.3) is 17.5 Å². The monoisotopic (exact) mass is 409 g/mol. The first-order valence-corrected chi connectivity index (χ1v) is 11.0. The smallest absolute Gasteiger partial charge is 0.249 e. The number of nitrogens with zero attached hydrogens (tertiary/aromatic N) is 7. The molecule has 0 aromatic carbocycles. The van der Waals surface area contributed by atoms with E-state index in [1.807, 2.05) is 23.2 Å². The van der Waals surface area contributed by atoms with Gasteiger partial charge in [-0.1, -0.05) is 19.8 Å². The van der Waals surface area contributed by atoms with Gasteiger partial charge < -0.3 is 9.80 Å². The molecule has 4 heterocycles. The number of amides is 1. The third-order valence-electron chi connectivity index (χ3n) is 5.92. The van der Waals surface area contributed by atoms with Gasteiger partial charge in [0.2, 0.25) is 11.9 Å². The zero-order valence-electron chi connectivity index (χ0n) is 16.5. The predicted molar refractivity (Wildman–Crippen MR) is 112 cm³/mol. The van der Waals surface area contributed by atoms with Gasteiger partial charge in [-0.25, -0.2) is 15.0 Å². The molecule has 0 unspecified atom stereocenters. The molecule has 0 spiro atoms. The molecule has 2 aliphatic rings. The van der Waals surface area contributed by atoms with Crippen molar-refractivity contribution >= 4 is 28.7 Å². The highest BCUT2D eigenvalue weighted by molar-refractivity contribution is 7.07. The van der Waals surface area contributed by atoms with Gasteiger partial charge in [0.15, 0.2) is 11.6 Å². The molecule has 1 fully saturated rings. The molecule has 3 aromatic heterocycles. The van der Waals surface area contributed by atoms with E-state index in [0.29, 0.717) is 17.8 Å². The largest absolute Gasteiger partial charge is 0.340 e. The van der Waals surface area contributed by atoms with Crippen LogP contribution in [0.3, 0.4) is 0 Å². The van der Waals surface area contributed by atoms with Gasteiger partial charge in [0.05, 0.1) is 11.7 Å². The number of thiazole rings is 1. The third kappa shape index (κ3) is 2.91. The summed E-state index contributed by atoms with van der Waals surface area (Å²) in [5.41, 5.74) is 3.36. The maximum absolute atomic E-state index is 13.0. The van der Waals surface area contributed by atoms with E-state index < -0.39 is 0 Å². The van der Waals surface area contributed by atoms with Gasteiger partial charge in [-0.3, -0.25) is 9.36 Å². The van der Waals surface area contributed by atoms with Gasteiger partial charge in [0.1, 0.15) is 17.4 Å². The van der Waals surface area contributed by atoms with E-state index in [0.717, 1.165) is 36.5 Å². The van der Waals surface area contributed by atoms with Crippen molar-refractivity contribution in [3.05, 3.63) is 29.5 Å². The van der Waals surface area contributed by atoms with Crippen LogP contribution < -0.4 is 9.80 Å². The minimum absolute atomic E-state index is 0.119. The van der Waals surface area contributed by atoms with Crippen molar-refractivity contribution in [3.8, 4) is 17.5 Å². The summed E-state index contributed by atoms with van der Waals surface area (Å²) in [5, 5.41) is 1.96. The Hall–Kier alpha value is -2.81. The van der Waals surface area contributed by atoms with Gasteiger partial charge in [0, 0.05) is 30.9 Å². The molecule has 5 rings (SSSR count). The molecule has 1 aliphatic carbocycles. The summed E-state index contributed by atoms with van der Waals surface area (Å²) in [5.74, 6) is 2.22. The quantitative estimate of drug-likeness (QED) is 0.658. The van der Waals surface area contributed by atoms with Crippen molar-refractivity contribution in [1.29, 1.82) is 0 Å². The van der Waals surface area contributed by atoms with Crippen LogP contribution in [-0.2, 0) is 4.79 Å². The first-order valence-electron chi connectivity index (χ1n) is 10.0. The maximum Gasteiger partial charge on any atom is 0.249 e. The maximum atomic E-state index is 13.0. The number of imidazole rings is 1. The summed E-state index contributed by atoms with van der Waals surface area (Å²) >= 11 is 1.53. The second kappa shape index (κ2) is 7.22. The summed E-state index contributed by atoms with van der Waals surface area (Å²) in [6.07, 6.45) is 10.7. The van der Waals surface area contributed by atoms with Gasteiger partial charge in [-0.2, -0.15) is 4.98 Å². The predicted octanol–water partition coefficient (Wildman–Crippen LogP) is 3.29. The number of likely N-dealkylation sites (N-methyl/N-ethyl adjacent to an activating group) is 1. The SMILES string of the molecule is CC[C@@H]1C(=O)N(C)c2cnc(-n3ccnc3-c3cscn3)nc2N1C1CCCC1. The Balaban J connectivity index is 1.64. The van der Waals surface area contributed by atoms with E-state index >= 15 is 0 Å². The normalized spacial score (nSPS) is 19.8. The van der Waals surface area contributed by atoms with E-state index in [9.17, 15) is 4.79 Å². The Bertz CT molecular complexity index is 1030. The van der Waals surface area contributed by atoms with E-state index in [4.69, 9.17) is 4.98 Å². The second-order valence-corrected chi connectivity index (χ2v) is 8.26. The van der Waals surface area contributed by atoms with Crippen LogP contribution in [0.4, 0.5) is 11.5 Å². The molecule has 0 saturated heterocycles. The van der Waals surface area contributed by atoms with Crippen molar-refractivity contribution in [2.45, 2.75) is 51.1 Å². The van der Waals surface area contributed by atoms with Crippen molar-refractivity contribution < 1.29 is 4.79 Å². The third-order valence-corrected chi connectivity index (χ3v) is 6.50. The Labute approximate surface area is 173 Å². The molecule has 1 atom stereocenters. The second-order valence-electron chi connectivity index (χ2n) is 7.54. The molecule has 150 valence electrons. The number of aromatic nitrogens is 5. The van der Waals surface area contributed by atoms with Crippen LogP contribution in [0, 0.1) is 0 Å². The summed E-state index contributed by atoms with van der Waals surface area (Å²) in [6.45, 7) is 2.07. The molecule has 3 aromatic rings. The molecule has 1 saturated carbocycles. The van der Waals surface area contributed by atoms with Crippen LogP contribution in [0.15, 0.2) is 29.5 Å². The van der Waals surface area contributed by atoms with Crippen molar-refractivity contribution in [2.75, 3.05) is 16.8 Å². The van der Waals surface area contributed by atoms with Crippen LogP contribution >= 0.6 is 11.3 Å². The minimum Gasteiger partial charge on any atom is -0.340 e. The Kier molecular flexibility index (Phi) is 4.54. The first-order chi connectivity index (χ1) is 14.2. The van der Waals surface area contributed by atoms with Crippen LogP contribution in [0.1, 0.15) is 39.0 Å². The summed E-state index contributed by atoms with van der Waals surface area (Å²) < 4.78 is 1.86. The highest BCUT2D eigenvalue weighted by Crippen LogP contribution is 2.39. The van der Waals surface area contributed by atoms with Crippen molar-refractivity contribution in [3.63, 3.8) is 0 Å². The molecule has 29 heavy (non-hydrogen) atoms. The first kappa shape index (κ1) is 18.2. The number of hydrogen-bond acceptors (Lipinski definition) is 7. The molecular formula is C20H23N7OS. The van der Waals surface area contributed by atoms with E-state index in [-0.39, 0.29) is 11.9 Å². The number of carbonyl (C=O) groups is 1. The summed E-state index contributed by atoms with van der Waals surface area (Å²) in [6, 6.07) is 0.166. The standard InChI is InChI=1S/C20H23N7OS/c1-3-15-19(28)25(2)16-10-22-20(24-18(16)27(15)13-6-4-5-7-13)26-9-8-21-17(26)14-11-29-12-23-14/h8-13,15H,3-7H2,1-2H3/t15-/m1/s1. The molecule has 1 amide bonds. The Morgan fingerprint density at radius 1 is 1.21 bits per heavy atom. The van der Waals surface area contributed by atoms with Crippen molar-refractivity contribution in [2.24, 2.45) is 0 Å². The zero-order valence-corrected chi connectivity index (χ0v) is 17.3. The minimum atomic E-state index is -0.181. The van der Waals surface area contributed by atoms with Crippen molar-refractivity contribution in [1.82, 2.24) is 24.5 Å². The number of anilines is 2. The molecule has 1 aliphatic heterocycles. The van der Waals surface area contributed by atoms with E-state index in [1.165, 1.54) is 24.2 Å². The fourth-order valence-electron chi connectivity index (χ4n) is 4.47. The fraction of sp³-hybridized carbons (Fsp3) is 0.450. The molecule has 0 radical (unpaired) electrons. The number of rotatable bonds is 4. The Morgan fingerprint density at radius 2 is 2.03 bits per heavy atom. The molecule has 9 heteroatoms. The number of carbonyl (C=O) groups excluding carboxylic acids is 1. The van der Waals surface area contributed by atoms with Gasteiger partial charge in [0.25, 0.3) is 0 Å². The lowest BCUT2D eigenvalue weighted by Crippen LogP contribution is -2.55. The highest BCUT2D eigenvalue weighted by Gasteiger charge is 2.41. The summed E-state index contributed by atoms with van der Waals surface area (Å²) in [4.78, 5) is 35.3. The molecular weight excluding hydrogens is 386 g/mol. The van der Waals surface area contributed by atoms with E-state index in [1.54, 1.807) is 22.8 Å². The van der Waals surface area contributed by atoms with Crippen LogP contribution in [0.5, 0.6) is 0 Å². The van der Waals surface area contributed by atoms with Gasteiger partial charge in [-0.05, 0) is 19.3 Å².